The molecule has 0 amide bonds. The Balaban J connectivity index is 1.89. The number of nitrogens with zero attached hydrogens (tertiary/aromatic N) is 2. The van der Waals surface area contributed by atoms with Gasteiger partial charge in [-0.2, -0.15) is 0 Å². The molecule has 0 aliphatic rings. The Kier molecular flexibility index (Phi) is 3.78. The van der Waals surface area contributed by atoms with Crippen LogP contribution in [0, 0.1) is 0 Å². The van der Waals surface area contributed by atoms with Crippen molar-refractivity contribution < 1.29 is 14.3 Å². The summed E-state index contributed by atoms with van der Waals surface area (Å²) in [4.78, 5) is 16.1. The summed E-state index contributed by atoms with van der Waals surface area (Å²) in [6.45, 7) is 0. The summed E-state index contributed by atoms with van der Waals surface area (Å²) in [5, 5.41) is 0. The monoisotopic (exact) mass is 296 g/mol. The molecule has 0 unspecified atom stereocenters. The molecule has 0 aliphatic carbocycles. The average molecular weight is 296 g/mol. The molecule has 0 aliphatic heterocycles. The first-order valence-electron chi connectivity index (χ1n) is 6.88. The third kappa shape index (κ3) is 2.79. The highest BCUT2D eigenvalue weighted by molar-refractivity contribution is 5.89. The summed E-state index contributed by atoms with van der Waals surface area (Å²) >= 11 is 0. The van der Waals surface area contributed by atoms with Gasteiger partial charge >= 0.3 is 5.97 Å². The minimum absolute atomic E-state index is 0.357. The molecular weight excluding hydrogens is 280 g/mol. The van der Waals surface area contributed by atoms with E-state index in [1.165, 1.54) is 7.11 Å². The quantitative estimate of drug-likeness (QED) is 0.695. The maximum atomic E-state index is 11.6. The van der Waals surface area contributed by atoms with E-state index >= 15 is 0 Å². The molecule has 5 heteroatoms. The molecule has 0 saturated carbocycles. The van der Waals surface area contributed by atoms with Crippen LogP contribution in [0.25, 0.3) is 5.65 Å². The molecule has 0 spiro atoms. The van der Waals surface area contributed by atoms with E-state index in [0.29, 0.717) is 12.0 Å². The number of esters is 1. The van der Waals surface area contributed by atoms with Crippen LogP contribution >= 0.6 is 0 Å². The van der Waals surface area contributed by atoms with Crippen LogP contribution in [0.3, 0.4) is 0 Å². The topological polar surface area (TPSA) is 52.8 Å². The average Bonchev–Trinajstić information content (AvgIpc) is 2.95. The second-order valence-corrected chi connectivity index (χ2v) is 4.94. The number of imidazole rings is 1. The van der Waals surface area contributed by atoms with Gasteiger partial charge in [-0.25, -0.2) is 9.78 Å². The van der Waals surface area contributed by atoms with Crippen LogP contribution in [0.2, 0.25) is 0 Å². The number of pyridine rings is 1. The molecular formula is C17H16N2O3. The standard InChI is InChI=1S/C17H16N2O3/c1-21-15-5-3-4-12(9-15)8-14-11-19-10-13(17(20)22-2)6-7-16(19)18-14/h3-7,9-11H,8H2,1-2H3. The molecule has 1 aromatic carbocycles. The Morgan fingerprint density at radius 1 is 1.18 bits per heavy atom. The summed E-state index contributed by atoms with van der Waals surface area (Å²) in [6.07, 6.45) is 4.34. The predicted molar refractivity (Wildman–Crippen MR) is 82.3 cm³/mol. The van der Waals surface area contributed by atoms with E-state index in [0.717, 1.165) is 22.7 Å². The Labute approximate surface area is 128 Å². The van der Waals surface area contributed by atoms with Gasteiger partial charge in [0.25, 0.3) is 0 Å². The fourth-order valence-electron chi connectivity index (χ4n) is 2.36. The number of hydrogen-bond acceptors (Lipinski definition) is 4. The fraction of sp³-hybridized carbons (Fsp3) is 0.176. The number of carbonyl (C=O) groups is 1. The zero-order chi connectivity index (χ0) is 15.5. The first-order valence-corrected chi connectivity index (χ1v) is 6.88. The number of methoxy groups -OCH3 is 2. The molecule has 0 saturated heterocycles. The Morgan fingerprint density at radius 2 is 2.05 bits per heavy atom. The number of aromatic nitrogens is 2. The lowest BCUT2D eigenvalue weighted by Crippen LogP contribution is -2.02. The lowest BCUT2D eigenvalue weighted by atomic mass is 10.1. The number of benzene rings is 1. The molecule has 0 atom stereocenters. The van der Waals surface area contributed by atoms with Crippen LogP contribution in [0.15, 0.2) is 48.8 Å². The van der Waals surface area contributed by atoms with E-state index in [1.54, 1.807) is 25.4 Å². The first-order chi connectivity index (χ1) is 10.7. The Hall–Kier alpha value is -2.82. The molecule has 3 aromatic rings. The van der Waals surface area contributed by atoms with E-state index in [4.69, 9.17) is 9.47 Å². The van der Waals surface area contributed by atoms with Gasteiger partial charge in [-0.05, 0) is 29.8 Å². The van der Waals surface area contributed by atoms with Gasteiger partial charge in [0, 0.05) is 18.8 Å². The number of carbonyl (C=O) groups excluding carboxylic acids is 1. The van der Waals surface area contributed by atoms with Crippen molar-refractivity contribution in [3.63, 3.8) is 0 Å². The third-order valence-corrected chi connectivity index (χ3v) is 3.44. The van der Waals surface area contributed by atoms with Gasteiger partial charge in [-0.15, -0.1) is 0 Å². The molecule has 5 nitrogen and oxygen atoms in total. The molecule has 112 valence electrons. The minimum atomic E-state index is -0.357. The second-order valence-electron chi connectivity index (χ2n) is 4.94. The molecule has 0 bridgehead atoms. The van der Waals surface area contributed by atoms with Gasteiger partial charge in [0.15, 0.2) is 0 Å². The smallest absolute Gasteiger partial charge is 0.339 e. The van der Waals surface area contributed by atoms with Crippen LogP contribution in [0.1, 0.15) is 21.6 Å². The molecule has 2 heterocycles. The van der Waals surface area contributed by atoms with E-state index in [-0.39, 0.29) is 5.97 Å². The van der Waals surface area contributed by atoms with Crippen molar-refractivity contribution in [3.8, 4) is 5.75 Å². The van der Waals surface area contributed by atoms with E-state index in [9.17, 15) is 4.79 Å². The number of fused-ring (bicyclic) bond motifs is 1. The summed E-state index contributed by atoms with van der Waals surface area (Å²) in [7, 11) is 3.02. The summed E-state index contributed by atoms with van der Waals surface area (Å²) < 4.78 is 11.8. The zero-order valence-corrected chi connectivity index (χ0v) is 12.4. The maximum absolute atomic E-state index is 11.6. The van der Waals surface area contributed by atoms with Gasteiger partial charge in [0.1, 0.15) is 11.4 Å². The predicted octanol–water partition coefficient (Wildman–Crippen LogP) is 2.72. The summed E-state index contributed by atoms with van der Waals surface area (Å²) in [5.41, 5.74) is 3.34. The lowest BCUT2D eigenvalue weighted by Gasteiger charge is -2.02. The van der Waals surface area contributed by atoms with Crippen LogP contribution in [-0.4, -0.2) is 29.6 Å². The van der Waals surface area contributed by atoms with Gasteiger partial charge in [0.2, 0.25) is 0 Å². The molecule has 0 radical (unpaired) electrons. The fourth-order valence-corrected chi connectivity index (χ4v) is 2.36. The van der Waals surface area contributed by atoms with Crippen molar-refractivity contribution in [2.75, 3.05) is 14.2 Å². The Bertz CT molecular complexity index is 824. The molecule has 0 N–H and O–H groups in total. The maximum Gasteiger partial charge on any atom is 0.339 e. The Morgan fingerprint density at radius 3 is 2.82 bits per heavy atom. The van der Waals surface area contributed by atoms with Crippen molar-refractivity contribution in [1.82, 2.24) is 9.38 Å². The van der Waals surface area contributed by atoms with Crippen molar-refractivity contribution in [2.45, 2.75) is 6.42 Å². The van der Waals surface area contributed by atoms with Crippen molar-refractivity contribution in [3.05, 3.63) is 65.6 Å². The highest BCUT2D eigenvalue weighted by atomic mass is 16.5. The van der Waals surface area contributed by atoms with Crippen LogP contribution in [-0.2, 0) is 11.2 Å². The minimum Gasteiger partial charge on any atom is -0.497 e. The van der Waals surface area contributed by atoms with E-state index < -0.39 is 0 Å². The highest BCUT2D eigenvalue weighted by Gasteiger charge is 2.08. The third-order valence-electron chi connectivity index (χ3n) is 3.44. The van der Waals surface area contributed by atoms with E-state index in [1.807, 2.05) is 34.9 Å². The number of hydrogen-bond donors (Lipinski definition) is 0. The van der Waals surface area contributed by atoms with Gasteiger partial charge in [-0.3, -0.25) is 0 Å². The van der Waals surface area contributed by atoms with Crippen LogP contribution in [0.5, 0.6) is 5.75 Å². The number of rotatable bonds is 4. The summed E-state index contributed by atoms with van der Waals surface area (Å²) in [5.74, 6) is 0.471. The molecule has 3 rings (SSSR count). The normalized spacial score (nSPS) is 10.6. The van der Waals surface area contributed by atoms with Crippen LogP contribution in [0.4, 0.5) is 0 Å². The zero-order valence-electron chi connectivity index (χ0n) is 12.4. The largest absolute Gasteiger partial charge is 0.497 e. The first kappa shape index (κ1) is 14.1. The van der Waals surface area contributed by atoms with Crippen molar-refractivity contribution >= 4 is 11.6 Å². The van der Waals surface area contributed by atoms with Crippen LogP contribution < -0.4 is 4.74 Å². The highest BCUT2D eigenvalue weighted by Crippen LogP contribution is 2.17. The summed E-state index contributed by atoms with van der Waals surface area (Å²) in [6, 6.07) is 11.4. The van der Waals surface area contributed by atoms with Crippen molar-refractivity contribution in [2.24, 2.45) is 0 Å². The number of ether oxygens (including phenoxy) is 2. The van der Waals surface area contributed by atoms with Crippen molar-refractivity contribution in [1.29, 1.82) is 0 Å². The lowest BCUT2D eigenvalue weighted by molar-refractivity contribution is 0.0600. The van der Waals surface area contributed by atoms with Gasteiger partial charge in [0.05, 0.1) is 25.5 Å². The van der Waals surface area contributed by atoms with Gasteiger partial charge < -0.3 is 13.9 Å². The van der Waals surface area contributed by atoms with Gasteiger partial charge in [-0.1, -0.05) is 12.1 Å². The van der Waals surface area contributed by atoms with E-state index in [2.05, 4.69) is 4.98 Å². The SMILES string of the molecule is COC(=O)c1ccc2nc(Cc3cccc(OC)c3)cn2c1. The molecule has 2 aromatic heterocycles. The molecule has 22 heavy (non-hydrogen) atoms. The second kappa shape index (κ2) is 5.89. The molecule has 0 fully saturated rings.